The Hall–Kier alpha value is -2.87. The van der Waals surface area contributed by atoms with Crippen LogP contribution in [0.3, 0.4) is 0 Å². The second kappa shape index (κ2) is 8.94. The molecule has 160 valence electrons. The number of thiocarbonyl (C=S) groups is 1. The molecule has 0 radical (unpaired) electrons. The Morgan fingerprint density at radius 2 is 1.78 bits per heavy atom. The van der Waals surface area contributed by atoms with Gasteiger partial charge in [0.25, 0.3) is 0 Å². The molecule has 0 saturated carbocycles. The molecule has 0 unspecified atom stereocenters. The number of nitrogens with one attached hydrogen (secondary N) is 1. The van der Waals surface area contributed by atoms with Gasteiger partial charge in [0.05, 0.1) is 17.4 Å². The van der Waals surface area contributed by atoms with Crippen LogP contribution in [0.1, 0.15) is 23.5 Å². The Morgan fingerprint density at radius 3 is 2.53 bits per heavy atom. The van der Waals surface area contributed by atoms with Gasteiger partial charge in [0, 0.05) is 16.1 Å². The largest absolute Gasteiger partial charge is 0.452 e. The van der Waals surface area contributed by atoms with Crippen molar-refractivity contribution in [3.05, 3.63) is 107 Å². The number of anilines is 1. The molecule has 1 N–H and O–H groups in total. The Bertz CT molecular complexity index is 1250. The molecular formula is C24H17ClFN3OS2. The molecule has 0 amide bonds. The molecule has 4 nitrogen and oxygen atoms in total. The highest BCUT2D eigenvalue weighted by Gasteiger charge is 2.43. The molecule has 4 aromatic rings. The van der Waals surface area contributed by atoms with Crippen LogP contribution in [0.2, 0.25) is 5.02 Å². The van der Waals surface area contributed by atoms with E-state index in [1.807, 2.05) is 54.6 Å². The van der Waals surface area contributed by atoms with Crippen LogP contribution in [-0.2, 0) is 0 Å². The van der Waals surface area contributed by atoms with Gasteiger partial charge in [0.2, 0.25) is 0 Å². The van der Waals surface area contributed by atoms with E-state index in [-0.39, 0.29) is 11.9 Å². The number of hydrogen-bond donors (Lipinski definition) is 1. The van der Waals surface area contributed by atoms with Crippen LogP contribution in [0.25, 0.3) is 0 Å². The lowest BCUT2D eigenvalue weighted by Gasteiger charge is -2.26. The normalized spacial score (nSPS) is 18.1. The van der Waals surface area contributed by atoms with Gasteiger partial charge in [-0.05, 0) is 72.9 Å². The maximum Gasteiger partial charge on any atom is 0.174 e. The molecule has 8 heteroatoms. The highest BCUT2D eigenvalue weighted by atomic mass is 35.5. The van der Waals surface area contributed by atoms with Crippen molar-refractivity contribution < 1.29 is 8.81 Å². The number of para-hydroxylation sites is 1. The van der Waals surface area contributed by atoms with E-state index in [9.17, 15) is 4.39 Å². The highest BCUT2D eigenvalue weighted by molar-refractivity contribution is 7.99. The maximum absolute atomic E-state index is 14.8. The van der Waals surface area contributed by atoms with Gasteiger partial charge in [-0.1, -0.05) is 41.6 Å². The summed E-state index contributed by atoms with van der Waals surface area (Å²) in [6, 6.07) is 22.9. The molecule has 2 aromatic carbocycles. The van der Waals surface area contributed by atoms with Gasteiger partial charge in [-0.3, -0.25) is 4.98 Å². The minimum absolute atomic E-state index is 0.303. The standard InChI is InChI=1S/C24H17ClFN3OS2/c25-15-8-10-16(11-9-15)32-21-13-12-20(30-21)23-22(18-6-3-4-14-27-18)28-24(31)29(23)19-7-2-1-5-17(19)26/h1-14,22-23H,(H,28,31)/t22-,23+/m0/s1. The first-order chi connectivity index (χ1) is 15.6. The van der Waals surface area contributed by atoms with Gasteiger partial charge >= 0.3 is 0 Å². The van der Waals surface area contributed by atoms with Crippen molar-refractivity contribution >= 4 is 46.4 Å². The lowest BCUT2D eigenvalue weighted by Crippen LogP contribution is -2.30. The second-order valence-corrected chi connectivity index (χ2v) is 9.06. The molecule has 1 saturated heterocycles. The van der Waals surface area contributed by atoms with Crippen molar-refractivity contribution in [1.29, 1.82) is 0 Å². The second-order valence-electron chi connectivity index (χ2n) is 7.16. The molecule has 0 aliphatic carbocycles. The molecule has 1 aliphatic heterocycles. The number of furan rings is 1. The third kappa shape index (κ3) is 4.11. The Morgan fingerprint density at radius 1 is 1.00 bits per heavy atom. The molecule has 0 spiro atoms. The zero-order chi connectivity index (χ0) is 22.1. The third-order valence-electron chi connectivity index (χ3n) is 5.14. The van der Waals surface area contributed by atoms with Gasteiger partial charge < -0.3 is 14.6 Å². The summed E-state index contributed by atoms with van der Waals surface area (Å²) >= 11 is 13.1. The minimum Gasteiger partial charge on any atom is -0.452 e. The topological polar surface area (TPSA) is 41.3 Å². The van der Waals surface area contributed by atoms with Gasteiger partial charge in [-0.15, -0.1) is 0 Å². The fraction of sp³-hybridized carbons (Fsp3) is 0.0833. The van der Waals surface area contributed by atoms with E-state index in [1.54, 1.807) is 29.3 Å². The predicted octanol–water partition coefficient (Wildman–Crippen LogP) is 6.80. The number of rotatable bonds is 5. The number of aromatic nitrogens is 1. The van der Waals surface area contributed by atoms with Crippen LogP contribution in [0.4, 0.5) is 10.1 Å². The molecular weight excluding hydrogens is 465 g/mol. The highest BCUT2D eigenvalue weighted by Crippen LogP contribution is 2.44. The molecule has 3 heterocycles. The van der Waals surface area contributed by atoms with Crippen LogP contribution in [0.15, 0.2) is 99.5 Å². The fourth-order valence-corrected chi connectivity index (χ4v) is 4.96. The summed E-state index contributed by atoms with van der Waals surface area (Å²) in [5.74, 6) is 0.304. The number of pyridine rings is 1. The van der Waals surface area contributed by atoms with Crippen LogP contribution in [0, 0.1) is 5.82 Å². The number of halogens is 2. The van der Waals surface area contributed by atoms with E-state index in [1.165, 1.54) is 17.8 Å². The van der Waals surface area contributed by atoms with Crippen molar-refractivity contribution in [1.82, 2.24) is 10.3 Å². The quantitative estimate of drug-likeness (QED) is 0.316. The zero-order valence-electron chi connectivity index (χ0n) is 16.6. The summed E-state index contributed by atoms with van der Waals surface area (Å²) in [4.78, 5) is 7.27. The average Bonchev–Trinajstić information content (AvgIpc) is 3.40. The SMILES string of the molecule is Fc1ccccc1N1C(=S)N[C@@H](c2ccccn2)[C@H]1c1ccc(Sc2ccc(Cl)cc2)o1. The predicted molar refractivity (Wildman–Crippen MR) is 129 cm³/mol. The molecule has 32 heavy (non-hydrogen) atoms. The third-order valence-corrected chi connectivity index (χ3v) is 6.63. The van der Waals surface area contributed by atoms with E-state index in [2.05, 4.69) is 10.3 Å². The first kappa shape index (κ1) is 21.0. The lowest BCUT2D eigenvalue weighted by atomic mass is 10.0. The lowest BCUT2D eigenvalue weighted by molar-refractivity contribution is 0.382. The van der Waals surface area contributed by atoms with Crippen molar-refractivity contribution in [2.24, 2.45) is 0 Å². The molecule has 2 aromatic heterocycles. The number of nitrogens with zero attached hydrogens (tertiary/aromatic N) is 2. The Labute approximate surface area is 199 Å². The van der Waals surface area contributed by atoms with Crippen molar-refractivity contribution in [3.63, 3.8) is 0 Å². The van der Waals surface area contributed by atoms with E-state index in [4.69, 9.17) is 28.2 Å². The molecule has 1 aliphatic rings. The van der Waals surface area contributed by atoms with Crippen LogP contribution >= 0.6 is 35.6 Å². The van der Waals surface area contributed by atoms with Crippen molar-refractivity contribution in [3.8, 4) is 0 Å². The Balaban J connectivity index is 1.54. The number of hydrogen-bond acceptors (Lipinski definition) is 4. The van der Waals surface area contributed by atoms with Crippen LogP contribution in [0.5, 0.6) is 0 Å². The summed E-state index contributed by atoms with van der Waals surface area (Å²) in [7, 11) is 0. The average molecular weight is 482 g/mol. The van der Waals surface area contributed by atoms with Gasteiger partial charge in [0.15, 0.2) is 10.2 Å². The summed E-state index contributed by atoms with van der Waals surface area (Å²) < 4.78 is 21.0. The first-order valence-electron chi connectivity index (χ1n) is 9.88. The van der Waals surface area contributed by atoms with E-state index in [0.29, 0.717) is 26.7 Å². The van der Waals surface area contributed by atoms with Gasteiger partial charge in [0.1, 0.15) is 17.6 Å². The molecule has 5 rings (SSSR count). The summed E-state index contributed by atoms with van der Waals surface area (Å²) in [5, 5.41) is 5.12. The summed E-state index contributed by atoms with van der Waals surface area (Å²) in [6.07, 6.45) is 1.73. The smallest absolute Gasteiger partial charge is 0.174 e. The van der Waals surface area contributed by atoms with Crippen LogP contribution in [-0.4, -0.2) is 10.1 Å². The maximum atomic E-state index is 14.8. The van der Waals surface area contributed by atoms with E-state index >= 15 is 0 Å². The fourth-order valence-electron chi connectivity index (χ4n) is 3.72. The molecule has 0 bridgehead atoms. The van der Waals surface area contributed by atoms with E-state index < -0.39 is 6.04 Å². The molecule has 2 atom stereocenters. The van der Waals surface area contributed by atoms with Crippen LogP contribution < -0.4 is 10.2 Å². The minimum atomic E-state index is -0.408. The van der Waals surface area contributed by atoms with Gasteiger partial charge in [-0.2, -0.15) is 0 Å². The zero-order valence-corrected chi connectivity index (χ0v) is 19.0. The summed E-state index contributed by atoms with van der Waals surface area (Å²) in [5.41, 5.74) is 1.18. The Kier molecular flexibility index (Phi) is 5.87. The number of benzene rings is 2. The summed E-state index contributed by atoms with van der Waals surface area (Å²) in [6.45, 7) is 0. The molecule has 1 fully saturated rings. The monoisotopic (exact) mass is 481 g/mol. The van der Waals surface area contributed by atoms with E-state index in [0.717, 1.165) is 10.6 Å². The van der Waals surface area contributed by atoms with Crippen molar-refractivity contribution in [2.45, 2.75) is 22.1 Å². The first-order valence-corrected chi connectivity index (χ1v) is 11.5. The van der Waals surface area contributed by atoms with Crippen molar-refractivity contribution in [2.75, 3.05) is 4.90 Å². The van der Waals surface area contributed by atoms with Gasteiger partial charge in [-0.25, -0.2) is 4.39 Å².